The molecule has 2 rings (SSSR count). The van der Waals surface area contributed by atoms with E-state index in [9.17, 15) is 9.18 Å². The first-order valence-electron chi connectivity index (χ1n) is 6.51. The van der Waals surface area contributed by atoms with E-state index in [4.69, 9.17) is 15.2 Å². The first-order valence-corrected chi connectivity index (χ1v) is 6.51. The van der Waals surface area contributed by atoms with Gasteiger partial charge < -0.3 is 20.1 Å². The molecule has 0 spiro atoms. The number of benzene rings is 1. The van der Waals surface area contributed by atoms with Crippen molar-refractivity contribution in [3.8, 4) is 5.75 Å². The van der Waals surface area contributed by atoms with Gasteiger partial charge >= 0.3 is 0 Å². The average molecular weight is 282 g/mol. The molecule has 0 saturated carbocycles. The van der Waals surface area contributed by atoms with Crippen molar-refractivity contribution in [2.75, 3.05) is 33.1 Å². The highest BCUT2D eigenvalue weighted by atomic mass is 19.1. The second-order valence-electron chi connectivity index (χ2n) is 4.82. The second-order valence-corrected chi connectivity index (χ2v) is 4.82. The molecule has 0 aromatic heterocycles. The Morgan fingerprint density at radius 2 is 2.25 bits per heavy atom. The monoisotopic (exact) mass is 282 g/mol. The van der Waals surface area contributed by atoms with E-state index in [2.05, 4.69) is 0 Å². The lowest BCUT2D eigenvalue weighted by Crippen LogP contribution is -2.38. The van der Waals surface area contributed by atoms with Crippen LogP contribution in [0.4, 0.5) is 10.1 Å². The van der Waals surface area contributed by atoms with Crippen LogP contribution in [0.5, 0.6) is 5.75 Å². The van der Waals surface area contributed by atoms with Crippen molar-refractivity contribution in [2.45, 2.75) is 18.9 Å². The van der Waals surface area contributed by atoms with Gasteiger partial charge in [0.05, 0.1) is 31.0 Å². The van der Waals surface area contributed by atoms with Crippen molar-refractivity contribution >= 4 is 11.6 Å². The molecular weight excluding hydrogens is 263 g/mol. The van der Waals surface area contributed by atoms with E-state index in [-0.39, 0.29) is 23.2 Å². The highest BCUT2D eigenvalue weighted by Crippen LogP contribution is 2.28. The maximum Gasteiger partial charge on any atom is 0.257 e. The molecule has 1 atom stereocenters. The Hall–Kier alpha value is -1.82. The van der Waals surface area contributed by atoms with Gasteiger partial charge in [-0.3, -0.25) is 4.79 Å². The van der Waals surface area contributed by atoms with Gasteiger partial charge in [-0.2, -0.15) is 0 Å². The number of nitrogen functional groups attached to an aromatic ring is 1. The molecule has 1 fully saturated rings. The lowest BCUT2D eigenvalue weighted by molar-refractivity contribution is 0.0626. The predicted molar refractivity (Wildman–Crippen MR) is 73.3 cm³/mol. The van der Waals surface area contributed by atoms with E-state index in [1.807, 2.05) is 0 Å². The summed E-state index contributed by atoms with van der Waals surface area (Å²) < 4.78 is 24.1. The van der Waals surface area contributed by atoms with Crippen LogP contribution < -0.4 is 10.5 Å². The number of carbonyl (C=O) groups is 1. The molecule has 6 heteroatoms. The van der Waals surface area contributed by atoms with Gasteiger partial charge in [0.1, 0.15) is 11.6 Å². The Kier molecular flexibility index (Phi) is 4.44. The minimum absolute atomic E-state index is 0.00421. The molecule has 0 bridgehead atoms. The molecule has 110 valence electrons. The van der Waals surface area contributed by atoms with Crippen molar-refractivity contribution < 1.29 is 18.7 Å². The molecule has 1 aliphatic heterocycles. The van der Waals surface area contributed by atoms with E-state index in [0.717, 1.165) is 18.9 Å². The summed E-state index contributed by atoms with van der Waals surface area (Å²) in [6.45, 7) is 1.07. The molecule has 1 saturated heterocycles. The number of rotatable bonds is 4. The minimum Gasteiger partial charge on any atom is -0.495 e. The number of amides is 1. The third-order valence-corrected chi connectivity index (χ3v) is 3.55. The van der Waals surface area contributed by atoms with Crippen LogP contribution in [0, 0.1) is 5.82 Å². The van der Waals surface area contributed by atoms with Gasteiger partial charge in [0.25, 0.3) is 5.91 Å². The van der Waals surface area contributed by atoms with Crippen LogP contribution >= 0.6 is 0 Å². The number of methoxy groups -OCH3 is 2. The van der Waals surface area contributed by atoms with Crippen molar-refractivity contribution in [1.82, 2.24) is 4.90 Å². The second kappa shape index (κ2) is 6.09. The number of anilines is 1. The summed E-state index contributed by atoms with van der Waals surface area (Å²) in [5, 5.41) is 0. The molecule has 20 heavy (non-hydrogen) atoms. The Morgan fingerprint density at radius 3 is 2.90 bits per heavy atom. The number of hydrogen-bond acceptors (Lipinski definition) is 4. The van der Waals surface area contributed by atoms with Crippen LogP contribution in [0.25, 0.3) is 0 Å². The van der Waals surface area contributed by atoms with Crippen LogP contribution in [0.15, 0.2) is 12.1 Å². The summed E-state index contributed by atoms with van der Waals surface area (Å²) in [6.07, 6.45) is 1.76. The summed E-state index contributed by atoms with van der Waals surface area (Å²) >= 11 is 0. The Labute approximate surface area is 117 Å². The Bertz CT molecular complexity index is 507. The fourth-order valence-electron chi connectivity index (χ4n) is 2.53. The van der Waals surface area contributed by atoms with E-state index in [1.54, 1.807) is 12.0 Å². The third-order valence-electron chi connectivity index (χ3n) is 3.55. The minimum atomic E-state index is -0.628. The molecule has 1 aliphatic rings. The van der Waals surface area contributed by atoms with Gasteiger partial charge in [-0.25, -0.2) is 4.39 Å². The van der Waals surface area contributed by atoms with Gasteiger partial charge in [-0.1, -0.05) is 0 Å². The van der Waals surface area contributed by atoms with Gasteiger partial charge in [-0.05, 0) is 18.9 Å². The molecule has 1 heterocycles. The van der Waals surface area contributed by atoms with Crippen molar-refractivity contribution in [3.63, 3.8) is 0 Å². The lowest BCUT2D eigenvalue weighted by Gasteiger charge is -2.24. The summed E-state index contributed by atoms with van der Waals surface area (Å²) in [5.74, 6) is -0.672. The zero-order chi connectivity index (χ0) is 14.7. The number of hydrogen-bond donors (Lipinski definition) is 1. The van der Waals surface area contributed by atoms with E-state index in [1.165, 1.54) is 13.2 Å². The van der Waals surface area contributed by atoms with Crippen LogP contribution in [0.2, 0.25) is 0 Å². The molecular formula is C14H19FN2O3. The van der Waals surface area contributed by atoms with Crippen LogP contribution in [0.3, 0.4) is 0 Å². The lowest BCUT2D eigenvalue weighted by atomic mass is 10.1. The smallest absolute Gasteiger partial charge is 0.257 e. The summed E-state index contributed by atoms with van der Waals surface area (Å²) in [4.78, 5) is 14.1. The number of ether oxygens (including phenoxy) is 2. The Balaban J connectivity index is 2.28. The van der Waals surface area contributed by atoms with E-state index >= 15 is 0 Å². The summed E-state index contributed by atoms with van der Waals surface area (Å²) in [6, 6.07) is 2.47. The van der Waals surface area contributed by atoms with Crippen LogP contribution in [0.1, 0.15) is 23.2 Å². The molecule has 2 N–H and O–H groups in total. The predicted octanol–water partition coefficient (Wildman–Crippen LogP) is 1.67. The zero-order valence-electron chi connectivity index (χ0n) is 11.7. The van der Waals surface area contributed by atoms with Crippen LogP contribution in [-0.4, -0.2) is 44.2 Å². The van der Waals surface area contributed by atoms with Gasteiger partial charge in [0, 0.05) is 19.7 Å². The zero-order valence-corrected chi connectivity index (χ0v) is 11.7. The van der Waals surface area contributed by atoms with Crippen molar-refractivity contribution in [2.24, 2.45) is 0 Å². The molecule has 0 radical (unpaired) electrons. The topological polar surface area (TPSA) is 64.8 Å². The SMILES string of the molecule is COCC1CCCN1C(=O)c1cc(OC)c(N)cc1F. The number of likely N-dealkylation sites (tertiary alicyclic amines) is 1. The van der Waals surface area contributed by atoms with Crippen molar-refractivity contribution in [3.05, 3.63) is 23.5 Å². The largest absolute Gasteiger partial charge is 0.495 e. The van der Waals surface area contributed by atoms with Gasteiger partial charge in [0.15, 0.2) is 0 Å². The third kappa shape index (κ3) is 2.70. The first-order chi connectivity index (χ1) is 9.58. The first kappa shape index (κ1) is 14.6. The quantitative estimate of drug-likeness (QED) is 0.853. The number of halogens is 1. The van der Waals surface area contributed by atoms with Gasteiger partial charge in [-0.15, -0.1) is 0 Å². The van der Waals surface area contributed by atoms with Gasteiger partial charge in [0.2, 0.25) is 0 Å². The van der Waals surface area contributed by atoms with E-state index < -0.39 is 5.82 Å². The van der Waals surface area contributed by atoms with Crippen LogP contribution in [-0.2, 0) is 4.74 Å². The number of nitrogens with two attached hydrogens (primary N) is 1. The van der Waals surface area contributed by atoms with E-state index in [0.29, 0.717) is 18.9 Å². The maximum absolute atomic E-state index is 14.0. The summed E-state index contributed by atoms with van der Waals surface area (Å²) in [5.41, 5.74) is 5.78. The molecule has 1 amide bonds. The molecule has 0 aliphatic carbocycles. The summed E-state index contributed by atoms with van der Waals surface area (Å²) in [7, 11) is 3.02. The maximum atomic E-state index is 14.0. The molecule has 1 unspecified atom stereocenters. The highest BCUT2D eigenvalue weighted by molar-refractivity contribution is 5.96. The molecule has 5 nitrogen and oxygen atoms in total. The fourth-order valence-corrected chi connectivity index (χ4v) is 2.53. The molecule has 1 aromatic rings. The normalized spacial score (nSPS) is 18.4. The average Bonchev–Trinajstić information content (AvgIpc) is 2.87. The highest BCUT2D eigenvalue weighted by Gasteiger charge is 2.31. The Morgan fingerprint density at radius 1 is 1.50 bits per heavy atom. The number of nitrogens with zero attached hydrogens (tertiary/aromatic N) is 1. The standard InChI is InChI=1S/C14H19FN2O3/c1-19-8-9-4-3-5-17(9)14(18)10-6-13(20-2)12(16)7-11(10)15/h6-7,9H,3-5,8,16H2,1-2H3. The van der Waals surface area contributed by atoms with Crippen molar-refractivity contribution in [1.29, 1.82) is 0 Å². The fraction of sp³-hybridized carbons (Fsp3) is 0.500. The number of carbonyl (C=O) groups excluding carboxylic acids is 1. The molecule has 1 aromatic carbocycles.